The molecule has 0 aromatic heterocycles. The Labute approximate surface area is 261 Å². The number of benzene rings is 4. The van der Waals surface area contributed by atoms with Gasteiger partial charge in [0.15, 0.2) is 0 Å². The highest BCUT2D eigenvalue weighted by atomic mass is 32.3. The van der Waals surface area contributed by atoms with Crippen LogP contribution in [0, 0.1) is 0 Å². The molecular weight excluding hydrogens is 601 g/mol. The van der Waals surface area contributed by atoms with Gasteiger partial charge in [0.2, 0.25) is 0 Å². The Hall–Kier alpha value is -1.80. The van der Waals surface area contributed by atoms with Crippen LogP contribution < -0.4 is 0 Å². The Morgan fingerprint density at radius 3 is 1.50 bits per heavy atom. The van der Waals surface area contributed by atoms with E-state index in [4.69, 9.17) is 0 Å². The van der Waals surface area contributed by atoms with Crippen molar-refractivity contribution in [2.45, 2.75) is 24.3 Å². The van der Waals surface area contributed by atoms with Gasteiger partial charge in [0, 0.05) is 11.5 Å². The fourth-order valence-corrected chi connectivity index (χ4v) is 13.6. The van der Waals surface area contributed by atoms with E-state index in [0.29, 0.717) is 0 Å². The van der Waals surface area contributed by atoms with Crippen LogP contribution in [0.25, 0.3) is 22.3 Å². The molecule has 0 bridgehead atoms. The summed E-state index contributed by atoms with van der Waals surface area (Å²) in [7, 11) is 0. The molecule has 2 aliphatic heterocycles. The molecule has 6 heteroatoms. The minimum Gasteiger partial charge on any atom is -0.112 e. The fraction of sp³-hybridized carbons (Fsp3) is 0.118. The van der Waals surface area contributed by atoms with Gasteiger partial charge in [0.05, 0.1) is 16.9 Å². The maximum atomic E-state index is 2.44. The lowest BCUT2D eigenvalue weighted by Gasteiger charge is -2.08. The van der Waals surface area contributed by atoms with E-state index in [1.807, 2.05) is 70.6 Å². The summed E-state index contributed by atoms with van der Waals surface area (Å²) in [6, 6.07) is 31.9. The molecule has 196 valence electrons. The molecular formula is C34H24S6. The number of fused-ring (bicyclic) bond motifs is 6. The third-order valence-electron chi connectivity index (χ3n) is 7.57. The van der Waals surface area contributed by atoms with Crippen molar-refractivity contribution in [2.24, 2.45) is 0 Å². The largest absolute Gasteiger partial charge is 0.112 e. The van der Waals surface area contributed by atoms with Gasteiger partial charge in [0.25, 0.3) is 0 Å². The van der Waals surface area contributed by atoms with Crippen LogP contribution >= 0.6 is 70.6 Å². The zero-order chi connectivity index (χ0) is 26.5. The second-order valence-electron chi connectivity index (χ2n) is 10.1. The van der Waals surface area contributed by atoms with Crippen LogP contribution in [0.5, 0.6) is 0 Å². The third kappa shape index (κ3) is 4.95. The Kier molecular flexibility index (Phi) is 7.20. The number of rotatable bonds is 6. The number of hydrogen-bond donors (Lipinski definition) is 0. The summed E-state index contributed by atoms with van der Waals surface area (Å²) >= 11 is 11.7. The molecule has 2 aliphatic carbocycles. The summed E-state index contributed by atoms with van der Waals surface area (Å²) < 4.78 is 5.79. The van der Waals surface area contributed by atoms with Gasteiger partial charge in [-0.1, -0.05) is 132 Å². The average Bonchev–Trinajstić information content (AvgIpc) is 3.78. The van der Waals surface area contributed by atoms with Crippen LogP contribution in [-0.4, -0.2) is 0 Å². The molecule has 2 heterocycles. The molecule has 0 saturated heterocycles. The van der Waals surface area contributed by atoms with Gasteiger partial charge < -0.3 is 0 Å². The van der Waals surface area contributed by atoms with Crippen molar-refractivity contribution in [3.05, 3.63) is 146 Å². The van der Waals surface area contributed by atoms with E-state index >= 15 is 0 Å². The lowest BCUT2D eigenvalue weighted by atomic mass is 10.0. The molecule has 0 N–H and O–H groups in total. The lowest BCUT2D eigenvalue weighted by Crippen LogP contribution is -1.87. The molecule has 0 atom stereocenters. The summed E-state index contributed by atoms with van der Waals surface area (Å²) in [6.07, 6.45) is 2.12. The monoisotopic (exact) mass is 624 g/mol. The highest BCUT2D eigenvalue weighted by Gasteiger charge is 2.27. The molecule has 8 rings (SSSR count). The predicted octanol–water partition coefficient (Wildman–Crippen LogP) is 11.7. The van der Waals surface area contributed by atoms with Gasteiger partial charge in [-0.25, -0.2) is 0 Å². The molecule has 0 fully saturated rings. The number of thioether (sulfide) groups is 6. The first-order valence-corrected chi connectivity index (χ1v) is 18.6. The third-order valence-corrected chi connectivity index (χ3v) is 15.9. The molecule has 40 heavy (non-hydrogen) atoms. The molecule has 4 aromatic rings. The minimum absolute atomic E-state index is 1.01. The van der Waals surface area contributed by atoms with E-state index in [1.165, 1.54) is 72.6 Å². The lowest BCUT2D eigenvalue weighted by molar-refractivity contribution is 1.24. The maximum absolute atomic E-state index is 2.44. The molecule has 4 aromatic carbocycles. The van der Waals surface area contributed by atoms with Crippen molar-refractivity contribution in [2.75, 3.05) is 0 Å². The fourth-order valence-electron chi connectivity index (χ4n) is 5.71. The van der Waals surface area contributed by atoms with Crippen molar-refractivity contribution in [3.63, 3.8) is 0 Å². The quantitative estimate of drug-likeness (QED) is 0.179. The second kappa shape index (κ2) is 11.1. The molecule has 0 amide bonds. The first kappa shape index (κ1) is 25.9. The van der Waals surface area contributed by atoms with Crippen molar-refractivity contribution in [1.82, 2.24) is 0 Å². The van der Waals surface area contributed by atoms with E-state index in [9.17, 15) is 0 Å². The van der Waals surface area contributed by atoms with Crippen LogP contribution in [0.15, 0.2) is 113 Å². The van der Waals surface area contributed by atoms with Crippen molar-refractivity contribution < 1.29 is 0 Å². The standard InChI is InChI=1S/C34H24S6/c1-3-7-27-23(5-1)17-25-15-21(9-11-29(25)27)19-37-32-33(40-34(39-32)31-35-13-14-36-31)38-20-22-10-12-30-26(16-22)18-24-6-2-4-8-28(24)30/h1-16H,17-20H2. The maximum Gasteiger partial charge on any atom is 0.0717 e. The molecule has 0 unspecified atom stereocenters. The molecule has 0 nitrogen and oxygen atoms in total. The molecule has 4 aliphatic rings. The normalized spacial score (nSPS) is 16.5. The van der Waals surface area contributed by atoms with E-state index in [-0.39, 0.29) is 0 Å². The highest BCUT2D eigenvalue weighted by molar-refractivity contribution is 8.42. The van der Waals surface area contributed by atoms with Crippen LogP contribution in [0.4, 0.5) is 0 Å². The average molecular weight is 625 g/mol. The molecule has 0 saturated carbocycles. The van der Waals surface area contributed by atoms with Gasteiger partial charge in [-0.2, -0.15) is 0 Å². The minimum atomic E-state index is 1.01. The van der Waals surface area contributed by atoms with Gasteiger partial charge in [-0.05, 0) is 79.3 Å². The first-order valence-electron chi connectivity index (χ1n) is 13.3. The van der Waals surface area contributed by atoms with Crippen LogP contribution in [0.2, 0.25) is 0 Å². The van der Waals surface area contributed by atoms with Crippen molar-refractivity contribution >= 4 is 70.6 Å². The van der Waals surface area contributed by atoms with Crippen molar-refractivity contribution in [3.8, 4) is 22.3 Å². The zero-order valence-corrected chi connectivity index (χ0v) is 26.4. The molecule has 0 spiro atoms. The summed E-state index contributed by atoms with van der Waals surface area (Å²) in [4.78, 5) is 0. The van der Waals surface area contributed by atoms with Gasteiger partial charge in [0.1, 0.15) is 0 Å². The smallest absolute Gasteiger partial charge is 0.0717 e. The summed E-state index contributed by atoms with van der Waals surface area (Å²) in [5, 5.41) is 4.41. The van der Waals surface area contributed by atoms with Crippen LogP contribution in [-0.2, 0) is 24.3 Å². The molecule has 0 radical (unpaired) electrons. The van der Waals surface area contributed by atoms with Gasteiger partial charge >= 0.3 is 0 Å². The van der Waals surface area contributed by atoms with E-state index in [2.05, 4.69) is 95.7 Å². The topological polar surface area (TPSA) is 0 Å². The Morgan fingerprint density at radius 2 is 0.975 bits per heavy atom. The van der Waals surface area contributed by atoms with Crippen molar-refractivity contribution in [1.29, 1.82) is 0 Å². The van der Waals surface area contributed by atoms with Gasteiger partial charge in [-0.15, -0.1) is 23.5 Å². The van der Waals surface area contributed by atoms with E-state index in [1.54, 1.807) is 0 Å². The Bertz CT molecular complexity index is 1640. The number of hydrogen-bond acceptors (Lipinski definition) is 6. The van der Waals surface area contributed by atoms with Crippen LogP contribution in [0.3, 0.4) is 0 Å². The van der Waals surface area contributed by atoms with Gasteiger partial charge in [-0.3, -0.25) is 0 Å². The Balaban J connectivity index is 1.000. The summed E-state index contributed by atoms with van der Waals surface area (Å²) in [5.74, 6) is 2.02. The van der Waals surface area contributed by atoms with E-state index < -0.39 is 0 Å². The summed E-state index contributed by atoms with van der Waals surface area (Å²) in [6.45, 7) is 0. The Morgan fingerprint density at radius 1 is 0.500 bits per heavy atom. The highest BCUT2D eigenvalue weighted by Crippen LogP contribution is 2.62. The SMILES string of the molecule is C1=CSC(=C2SC(SCc3ccc4c(c3)Cc3ccccc3-4)=C(SCc3ccc4c(c3)Cc3ccccc3-4)S2)S1. The zero-order valence-electron chi connectivity index (χ0n) is 21.5. The van der Waals surface area contributed by atoms with E-state index in [0.717, 1.165) is 24.3 Å². The van der Waals surface area contributed by atoms with Crippen LogP contribution in [0.1, 0.15) is 33.4 Å². The summed E-state index contributed by atoms with van der Waals surface area (Å²) in [5.41, 5.74) is 14.4. The first-order chi connectivity index (χ1) is 19.8. The predicted molar refractivity (Wildman–Crippen MR) is 186 cm³/mol. The second-order valence-corrected chi connectivity index (χ2v) is 17.0.